The lowest BCUT2D eigenvalue weighted by molar-refractivity contribution is 0.0588. The molecule has 2 fully saturated rings. The molecule has 6 heteroatoms. The number of piperidine rings is 1. The number of carbonyl (C=O) groups is 1. The number of benzene rings is 1. The van der Waals surface area contributed by atoms with Crippen LogP contribution in [0, 0.1) is 5.92 Å². The molecule has 0 aliphatic carbocycles. The van der Waals surface area contributed by atoms with E-state index >= 15 is 0 Å². The van der Waals surface area contributed by atoms with E-state index in [0.717, 1.165) is 66.9 Å². The van der Waals surface area contributed by atoms with Crippen LogP contribution < -0.4 is 4.90 Å². The van der Waals surface area contributed by atoms with Crippen molar-refractivity contribution in [1.29, 1.82) is 0 Å². The molecule has 0 unspecified atom stereocenters. The van der Waals surface area contributed by atoms with Crippen LogP contribution in [0.2, 0.25) is 0 Å². The second-order valence-electron chi connectivity index (χ2n) is 8.44. The summed E-state index contributed by atoms with van der Waals surface area (Å²) in [7, 11) is 0. The van der Waals surface area contributed by atoms with Gasteiger partial charge in [-0.15, -0.1) is 11.3 Å². The standard InChI is InChI=1S/C24H28N4OS/c29-24(19-7-3-1-4-8-19)28-13-6-2-5-9-21(28)18-10-14-27(15-11-18)22-20-12-16-30-23(20)26-17-25-22/h1,3-4,7-8,12,16-18,21H,2,5-6,9-11,13-15H2/t21-/m0/s1. The average molecular weight is 421 g/mol. The van der Waals surface area contributed by atoms with Crippen LogP contribution in [0.25, 0.3) is 10.2 Å². The lowest BCUT2D eigenvalue weighted by atomic mass is 9.85. The zero-order valence-corrected chi connectivity index (χ0v) is 18.1. The molecule has 0 N–H and O–H groups in total. The minimum Gasteiger partial charge on any atom is -0.356 e. The molecule has 1 amide bonds. The molecule has 2 aliphatic rings. The van der Waals surface area contributed by atoms with Crippen molar-refractivity contribution in [3.63, 3.8) is 0 Å². The van der Waals surface area contributed by atoms with Crippen LogP contribution in [-0.4, -0.2) is 46.5 Å². The fraction of sp³-hybridized carbons (Fsp3) is 0.458. The number of rotatable bonds is 3. The van der Waals surface area contributed by atoms with Gasteiger partial charge in [0, 0.05) is 31.2 Å². The lowest BCUT2D eigenvalue weighted by Gasteiger charge is -2.41. The van der Waals surface area contributed by atoms with Gasteiger partial charge in [0.05, 0.1) is 5.39 Å². The van der Waals surface area contributed by atoms with Crippen LogP contribution in [0.15, 0.2) is 48.1 Å². The lowest BCUT2D eigenvalue weighted by Crippen LogP contribution is -2.48. The summed E-state index contributed by atoms with van der Waals surface area (Å²) in [5.41, 5.74) is 0.822. The first-order chi connectivity index (χ1) is 14.8. The molecule has 4 heterocycles. The first-order valence-corrected chi connectivity index (χ1v) is 12.0. The smallest absolute Gasteiger partial charge is 0.254 e. The van der Waals surface area contributed by atoms with E-state index in [2.05, 4.69) is 31.2 Å². The van der Waals surface area contributed by atoms with Gasteiger partial charge >= 0.3 is 0 Å². The number of thiophene rings is 1. The minimum atomic E-state index is 0.209. The van der Waals surface area contributed by atoms with Crippen molar-refractivity contribution in [2.24, 2.45) is 5.92 Å². The summed E-state index contributed by atoms with van der Waals surface area (Å²) in [5.74, 6) is 1.84. The molecular formula is C24H28N4OS. The molecule has 0 saturated carbocycles. The van der Waals surface area contributed by atoms with E-state index in [1.54, 1.807) is 17.7 Å². The Kier molecular flexibility index (Phi) is 5.67. The average Bonchev–Trinajstić information content (AvgIpc) is 3.16. The second-order valence-corrected chi connectivity index (χ2v) is 9.34. The summed E-state index contributed by atoms with van der Waals surface area (Å²) in [6, 6.07) is 12.3. The number of nitrogens with zero attached hydrogens (tertiary/aromatic N) is 4. The van der Waals surface area contributed by atoms with Crippen molar-refractivity contribution in [3.05, 3.63) is 53.7 Å². The SMILES string of the molecule is O=C(c1ccccc1)N1CCCCC[C@H]1C1CCN(c2ncnc3sccc23)CC1. The topological polar surface area (TPSA) is 49.3 Å². The van der Waals surface area contributed by atoms with Crippen molar-refractivity contribution >= 4 is 33.3 Å². The molecule has 2 aromatic heterocycles. The van der Waals surface area contributed by atoms with E-state index in [9.17, 15) is 4.79 Å². The molecule has 30 heavy (non-hydrogen) atoms. The van der Waals surface area contributed by atoms with Gasteiger partial charge in [-0.3, -0.25) is 4.79 Å². The number of likely N-dealkylation sites (tertiary alicyclic amines) is 1. The first-order valence-electron chi connectivity index (χ1n) is 11.1. The Morgan fingerprint density at radius 2 is 1.77 bits per heavy atom. The number of amides is 1. The Morgan fingerprint density at radius 3 is 2.60 bits per heavy atom. The highest BCUT2D eigenvalue weighted by atomic mass is 32.1. The van der Waals surface area contributed by atoms with Gasteiger partial charge in [-0.1, -0.05) is 31.0 Å². The van der Waals surface area contributed by atoms with Gasteiger partial charge in [0.25, 0.3) is 5.91 Å². The summed E-state index contributed by atoms with van der Waals surface area (Å²) < 4.78 is 0. The molecule has 5 rings (SSSR count). The largest absolute Gasteiger partial charge is 0.356 e. The fourth-order valence-electron chi connectivity index (χ4n) is 5.15. The highest BCUT2D eigenvalue weighted by molar-refractivity contribution is 7.16. The summed E-state index contributed by atoms with van der Waals surface area (Å²) in [4.78, 5) is 28.0. The highest BCUT2D eigenvalue weighted by Crippen LogP contribution is 2.34. The van der Waals surface area contributed by atoms with Crippen molar-refractivity contribution in [3.8, 4) is 0 Å². The minimum absolute atomic E-state index is 0.209. The van der Waals surface area contributed by atoms with Gasteiger partial charge in [0.15, 0.2) is 0 Å². The molecule has 5 nitrogen and oxygen atoms in total. The van der Waals surface area contributed by atoms with E-state index in [1.807, 2.05) is 30.3 Å². The van der Waals surface area contributed by atoms with Gasteiger partial charge < -0.3 is 9.80 Å². The Hall–Kier alpha value is -2.47. The first kappa shape index (κ1) is 19.5. The van der Waals surface area contributed by atoms with Crippen LogP contribution >= 0.6 is 11.3 Å². The van der Waals surface area contributed by atoms with Crippen LogP contribution in [0.5, 0.6) is 0 Å². The number of hydrogen-bond donors (Lipinski definition) is 0. The number of carbonyl (C=O) groups excluding carboxylic acids is 1. The predicted octanol–water partition coefficient (Wildman–Crippen LogP) is 4.99. The molecule has 1 atom stereocenters. The number of hydrogen-bond acceptors (Lipinski definition) is 5. The maximum absolute atomic E-state index is 13.3. The monoisotopic (exact) mass is 420 g/mol. The summed E-state index contributed by atoms with van der Waals surface area (Å²) in [6.45, 7) is 2.88. The molecule has 0 radical (unpaired) electrons. The Morgan fingerprint density at radius 1 is 0.933 bits per heavy atom. The van der Waals surface area contributed by atoms with E-state index in [-0.39, 0.29) is 5.91 Å². The summed E-state index contributed by atoms with van der Waals surface area (Å²) in [5, 5.41) is 3.25. The Balaban J connectivity index is 1.32. The molecule has 2 saturated heterocycles. The maximum Gasteiger partial charge on any atom is 0.254 e. The Bertz CT molecular complexity index is 997. The molecule has 156 valence electrons. The van der Waals surface area contributed by atoms with Gasteiger partial charge in [0.1, 0.15) is 17.0 Å². The van der Waals surface area contributed by atoms with Gasteiger partial charge in [-0.25, -0.2) is 9.97 Å². The van der Waals surface area contributed by atoms with Crippen LogP contribution in [0.4, 0.5) is 5.82 Å². The zero-order valence-electron chi connectivity index (χ0n) is 17.2. The molecule has 3 aromatic rings. The van der Waals surface area contributed by atoms with E-state index in [4.69, 9.17) is 0 Å². The molecule has 0 spiro atoms. The second kappa shape index (κ2) is 8.72. The summed E-state index contributed by atoms with van der Waals surface area (Å²) >= 11 is 1.67. The molecule has 0 bridgehead atoms. The predicted molar refractivity (Wildman–Crippen MR) is 122 cm³/mol. The van der Waals surface area contributed by atoms with Crippen molar-refractivity contribution in [2.45, 2.75) is 44.6 Å². The van der Waals surface area contributed by atoms with Crippen molar-refractivity contribution in [1.82, 2.24) is 14.9 Å². The normalized spacial score (nSPS) is 21.0. The fourth-order valence-corrected chi connectivity index (χ4v) is 5.88. The van der Waals surface area contributed by atoms with E-state index in [1.165, 1.54) is 12.8 Å². The third-order valence-electron chi connectivity index (χ3n) is 6.70. The number of fused-ring (bicyclic) bond motifs is 1. The van der Waals surface area contributed by atoms with Crippen molar-refractivity contribution in [2.75, 3.05) is 24.5 Å². The molecule has 2 aliphatic heterocycles. The number of anilines is 1. The van der Waals surface area contributed by atoms with E-state index < -0.39 is 0 Å². The van der Waals surface area contributed by atoms with Crippen LogP contribution in [-0.2, 0) is 0 Å². The van der Waals surface area contributed by atoms with Crippen LogP contribution in [0.1, 0.15) is 48.9 Å². The molecular weight excluding hydrogens is 392 g/mol. The third kappa shape index (κ3) is 3.81. The highest BCUT2D eigenvalue weighted by Gasteiger charge is 2.34. The van der Waals surface area contributed by atoms with Gasteiger partial charge in [-0.2, -0.15) is 0 Å². The van der Waals surface area contributed by atoms with Gasteiger partial charge in [-0.05, 0) is 55.2 Å². The quantitative estimate of drug-likeness (QED) is 0.599. The Labute approximate surface area is 181 Å². The van der Waals surface area contributed by atoms with E-state index in [0.29, 0.717) is 12.0 Å². The summed E-state index contributed by atoms with van der Waals surface area (Å²) in [6.07, 6.45) is 8.61. The van der Waals surface area contributed by atoms with Crippen molar-refractivity contribution < 1.29 is 4.79 Å². The zero-order chi connectivity index (χ0) is 20.3. The third-order valence-corrected chi connectivity index (χ3v) is 7.53. The van der Waals surface area contributed by atoms with Crippen LogP contribution in [0.3, 0.4) is 0 Å². The number of aromatic nitrogens is 2. The molecule has 1 aromatic carbocycles. The van der Waals surface area contributed by atoms with Gasteiger partial charge in [0.2, 0.25) is 0 Å². The maximum atomic E-state index is 13.3.